The first-order valence-corrected chi connectivity index (χ1v) is 11.3. The number of ether oxygens (including phenoxy) is 1. The largest absolute Gasteiger partial charge is 0.490 e. The zero-order valence-corrected chi connectivity index (χ0v) is 19.2. The summed E-state index contributed by atoms with van der Waals surface area (Å²) in [6.45, 7) is 9.72. The molecule has 0 saturated carbocycles. The van der Waals surface area contributed by atoms with Gasteiger partial charge in [0, 0.05) is 0 Å². The number of benzene rings is 2. The van der Waals surface area contributed by atoms with E-state index in [0.717, 1.165) is 11.1 Å². The number of aryl methyl sites for hydroxylation is 3. The predicted molar refractivity (Wildman–Crippen MR) is 127 cm³/mol. The molecule has 166 valence electrons. The molecule has 0 saturated heterocycles. The molecule has 4 aromatic rings. The van der Waals surface area contributed by atoms with Crippen LogP contribution in [0.2, 0.25) is 0 Å². The van der Waals surface area contributed by atoms with Crippen LogP contribution in [0.15, 0.2) is 58.3 Å². The molecule has 0 radical (unpaired) electrons. The Bertz CT molecular complexity index is 1490. The van der Waals surface area contributed by atoms with E-state index in [-0.39, 0.29) is 11.2 Å². The number of aromatic nitrogens is 2. The summed E-state index contributed by atoms with van der Waals surface area (Å²) in [7, 11) is 0. The maximum absolute atomic E-state index is 13.7. The number of nitrogens with zero attached hydrogens (tertiary/aromatic N) is 3. The second-order valence-electron chi connectivity index (χ2n) is 7.96. The van der Waals surface area contributed by atoms with Crippen molar-refractivity contribution < 1.29 is 13.9 Å². The molecule has 0 N–H and O–H groups in total. The molecule has 0 bridgehead atoms. The normalized spacial score (nSPS) is 15.2. The van der Waals surface area contributed by atoms with Gasteiger partial charge in [-0.3, -0.25) is 14.5 Å². The van der Waals surface area contributed by atoms with Gasteiger partial charge in [0.1, 0.15) is 22.9 Å². The molecule has 1 aliphatic heterocycles. The summed E-state index contributed by atoms with van der Waals surface area (Å²) in [6, 6.07) is 10.2. The summed E-state index contributed by atoms with van der Waals surface area (Å²) in [6.07, 6.45) is 1.66. The third-order valence-electron chi connectivity index (χ3n) is 5.75. The van der Waals surface area contributed by atoms with Gasteiger partial charge in [-0.1, -0.05) is 36.1 Å². The summed E-state index contributed by atoms with van der Waals surface area (Å²) in [4.78, 5) is 28.8. The fraction of sp³-hybridized carbons (Fsp3) is 0.200. The molecule has 1 aliphatic rings. The minimum Gasteiger partial charge on any atom is -0.490 e. The van der Waals surface area contributed by atoms with Gasteiger partial charge in [-0.15, -0.1) is 10.2 Å². The van der Waals surface area contributed by atoms with Crippen LogP contribution >= 0.6 is 11.3 Å². The first-order chi connectivity index (χ1) is 15.9. The van der Waals surface area contributed by atoms with Crippen molar-refractivity contribution in [3.05, 3.63) is 92.3 Å². The number of amides is 1. The van der Waals surface area contributed by atoms with Crippen LogP contribution in [-0.2, 0) is 0 Å². The van der Waals surface area contributed by atoms with Gasteiger partial charge < -0.3 is 9.15 Å². The number of hydrogen-bond acceptors (Lipinski definition) is 7. The summed E-state index contributed by atoms with van der Waals surface area (Å²) in [5.74, 6) is 0.227. The standard InChI is InChI=1S/C25H21N3O4S/c1-5-9-31-17-8-6-7-16(12-17)21-20-22(29)18-10-13(2)14(3)11-19(18)32-23(20)24(30)28(21)25-27-26-15(4)33-25/h5-8,10-12,21H,1,9H2,2-4H3. The summed E-state index contributed by atoms with van der Waals surface area (Å²) < 4.78 is 11.8. The molecule has 7 nitrogen and oxygen atoms in total. The zero-order chi connectivity index (χ0) is 23.3. The van der Waals surface area contributed by atoms with Crippen LogP contribution in [0.4, 0.5) is 5.13 Å². The van der Waals surface area contributed by atoms with E-state index in [9.17, 15) is 9.59 Å². The van der Waals surface area contributed by atoms with E-state index in [1.807, 2.05) is 51.1 Å². The van der Waals surface area contributed by atoms with Crippen LogP contribution < -0.4 is 15.1 Å². The lowest BCUT2D eigenvalue weighted by molar-refractivity contribution is 0.0970. The van der Waals surface area contributed by atoms with Gasteiger partial charge in [-0.05, 0) is 61.7 Å². The fourth-order valence-corrected chi connectivity index (χ4v) is 4.77. The Labute approximate surface area is 194 Å². The molecule has 1 unspecified atom stereocenters. The van der Waals surface area contributed by atoms with Gasteiger partial charge >= 0.3 is 0 Å². The first-order valence-electron chi connectivity index (χ1n) is 10.4. The van der Waals surface area contributed by atoms with Crippen LogP contribution in [0.25, 0.3) is 11.0 Å². The molecule has 1 amide bonds. The van der Waals surface area contributed by atoms with Crippen LogP contribution in [0.5, 0.6) is 5.75 Å². The molecule has 5 rings (SSSR count). The minimum atomic E-state index is -0.714. The fourth-order valence-electron chi connectivity index (χ4n) is 4.05. The number of anilines is 1. The topological polar surface area (TPSA) is 85.5 Å². The Balaban J connectivity index is 1.77. The molecule has 0 fully saturated rings. The van der Waals surface area contributed by atoms with Crippen LogP contribution in [-0.4, -0.2) is 22.7 Å². The molecular weight excluding hydrogens is 438 g/mol. The average Bonchev–Trinajstić information content (AvgIpc) is 3.35. The van der Waals surface area contributed by atoms with E-state index in [1.165, 1.54) is 16.2 Å². The number of hydrogen-bond donors (Lipinski definition) is 0. The summed E-state index contributed by atoms with van der Waals surface area (Å²) in [5, 5.41) is 9.83. The number of fused-ring (bicyclic) bond motifs is 2. The van der Waals surface area contributed by atoms with Crippen molar-refractivity contribution in [1.82, 2.24) is 10.2 Å². The van der Waals surface area contributed by atoms with Gasteiger partial charge in [0.15, 0.2) is 5.43 Å². The Kier molecular flexibility index (Phi) is 5.09. The Morgan fingerprint density at radius 3 is 2.67 bits per heavy atom. The Morgan fingerprint density at radius 2 is 1.94 bits per heavy atom. The SMILES string of the molecule is C=CCOc1cccc(C2c3c(oc4cc(C)c(C)cc4c3=O)C(=O)N2c2nnc(C)s2)c1. The van der Waals surface area contributed by atoms with Crippen LogP contribution in [0.1, 0.15) is 43.9 Å². The highest BCUT2D eigenvalue weighted by Gasteiger charge is 2.45. The van der Waals surface area contributed by atoms with E-state index < -0.39 is 11.9 Å². The molecule has 3 heterocycles. The molecule has 0 spiro atoms. The third kappa shape index (κ3) is 3.43. The number of carbonyl (C=O) groups excluding carboxylic acids is 1. The van der Waals surface area contributed by atoms with Crippen molar-refractivity contribution in [2.45, 2.75) is 26.8 Å². The van der Waals surface area contributed by atoms with Crippen molar-refractivity contribution >= 4 is 33.3 Å². The summed E-state index contributed by atoms with van der Waals surface area (Å²) >= 11 is 1.29. The first kappa shape index (κ1) is 21.1. The van der Waals surface area contributed by atoms with Gasteiger partial charge in [0.25, 0.3) is 5.91 Å². The monoisotopic (exact) mass is 459 g/mol. The maximum atomic E-state index is 13.7. The van der Waals surface area contributed by atoms with Crippen LogP contribution in [0.3, 0.4) is 0 Å². The molecule has 2 aromatic carbocycles. The zero-order valence-electron chi connectivity index (χ0n) is 18.4. The van der Waals surface area contributed by atoms with E-state index in [0.29, 0.717) is 44.6 Å². The van der Waals surface area contributed by atoms with E-state index in [1.54, 1.807) is 12.1 Å². The highest BCUT2D eigenvalue weighted by molar-refractivity contribution is 7.15. The molecule has 33 heavy (non-hydrogen) atoms. The molecular formula is C25H21N3O4S. The van der Waals surface area contributed by atoms with E-state index in [4.69, 9.17) is 9.15 Å². The highest BCUT2D eigenvalue weighted by Crippen LogP contribution is 2.42. The van der Waals surface area contributed by atoms with E-state index in [2.05, 4.69) is 16.8 Å². The number of rotatable bonds is 5. The molecule has 1 atom stereocenters. The van der Waals surface area contributed by atoms with Gasteiger partial charge in [-0.2, -0.15) is 0 Å². The van der Waals surface area contributed by atoms with Crippen molar-refractivity contribution in [2.24, 2.45) is 0 Å². The van der Waals surface area contributed by atoms with Crippen molar-refractivity contribution in [3.8, 4) is 5.75 Å². The van der Waals surface area contributed by atoms with E-state index >= 15 is 0 Å². The molecule has 2 aromatic heterocycles. The third-order valence-corrected chi connectivity index (χ3v) is 6.59. The Hall–Kier alpha value is -3.78. The van der Waals surface area contributed by atoms with Crippen LogP contribution in [0, 0.1) is 20.8 Å². The molecule has 0 aliphatic carbocycles. The minimum absolute atomic E-state index is 0.0334. The van der Waals surface area contributed by atoms with Gasteiger partial charge in [0.05, 0.1) is 17.0 Å². The summed E-state index contributed by atoms with van der Waals surface area (Å²) in [5.41, 5.74) is 3.14. The lowest BCUT2D eigenvalue weighted by Crippen LogP contribution is -2.29. The Morgan fingerprint density at radius 1 is 1.15 bits per heavy atom. The predicted octanol–water partition coefficient (Wildman–Crippen LogP) is 4.88. The molecule has 8 heteroatoms. The average molecular weight is 460 g/mol. The highest BCUT2D eigenvalue weighted by atomic mass is 32.1. The maximum Gasteiger partial charge on any atom is 0.297 e. The van der Waals surface area contributed by atoms with Gasteiger partial charge in [0.2, 0.25) is 10.9 Å². The number of carbonyl (C=O) groups is 1. The lowest BCUT2D eigenvalue weighted by atomic mass is 9.97. The second-order valence-corrected chi connectivity index (χ2v) is 9.12. The van der Waals surface area contributed by atoms with Crippen molar-refractivity contribution in [1.29, 1.82) is 0 Å². The van der Waals surface area contributed by atoms with Crippen molar-refractivity contribution in [3.63, 3.8) is 0 Å². The van der Waals surface area contributed by atoms with Gasteiger partial charge in [-0.25, -0.2) is 0 Å². The smallest absolute Gasteiger partial charge is 0.297 e. The lowest BCUT2D eigenvalue weighted by Gasteiger charge is -2.22. The second kappa shape index (κ2) is 7.97. The quantitative estimate of drug-likeness (QED) is 0.395. The van der Waals surface area contributed by atoms with Crippen molar-refractivity contribution in [2.75, 3.05) is 11.5 Å².